The Hall–Kier alpha value is -1.14. The molecule has 2 nitrogen and oxygen atoms in total. The minimum absolute atomic E-state index is 0.00421. The van der Waals surface area contributed by atoms with Crippen molar-refractivity contribution in [3.05, 3.63) is 35.4 Å². The number of hydrogen-bond donors (Lipinski definition) is 1. The summed E-state index contributed by atoms with van der Waals surface area (Å²) >= 11 is 4.99. The molecule has 0 amide bonds. The molecule has 1 unspecified atom stereocenters. The summed E-state index contributed by atoms with van der Waals surface area (Å²) in [7, 11) is 0. The monoisotopic (exact) mass is 288 g/mol. The first-order valence-electron chi connectivity index (χ1n) is 6.07. The molecule has 0 aliphatic carbocycles. The summed E-state index contributed by atoms with van der Waals surface area (Å²) in [6, 6.07) is 5.41. The van der Waals surface area contributed by atoms with Crippen LogP contribution in [0, 0.1) is 0 Å². The molecule has 1 atom stereocenters. The largest absolute Gasteiger partial charge is 0.416 e. The Morgan fingerprint density at radius 1 is 1.42 bits per heavy atom. The van der Waals surface area contributed by atoms with Crippen molar-refractivity contribution in [1.82, 2.24) is 4.90 Å². The molecule has 2 rings (SSSR count). The van der Waals surface area contributed by atoms with Crippen LogP contribution in [0.25, 0.3) is 0 Å². The number of nitrogens with two attached hydrogens (primary N) is 1. The second kappa shape index (κ2) is 5.46. The molecule has 1 aliphatic rings. The van der Waals surface area contributed by atoms with Crippen LogP contribution in [-0.4, -0.2) is 22.5 Å². The molecular weight excluding hydrogens is 273 g/mol. The fourth-order valence-electron chi connectivity index (χ4n) is 2.42. The van der Waals surface area contributed by atoms with Crippen LogP contribution in [0.5, 0.6) is 0 Å². The minimum Gasteiger partial charge on any atom is -0.392 e. The van der Waals surface area contributed by atoms with Crippen molar-refractivity contribution in [2.45, 2.75) is 31.6 Å². The Kier molecular flexibility index (Phi) is 4.10. The van der Waals surface area contributed by atoms with Crippen molar-refractivity contribution in [2.75, 3.05) is 6.54 Å². The summed E-state index contributed by atoms with van der Waals surface area (Å²) in [5.74, 6) is 0. The summed E-state index contributed by atoms with van der Waals surface area (Å²) in [6.45, 7) is 1.27. The third kappa shape index (κ3) is 3.45. The van der Waals surface area contributed by atoms with E-state index in [-0.39, 0.29) is 6.04 Å². The topological polar surface area (TPSA) is 29.3 Å². The van der Waals surface area contributed by atoms with Gasteiger partial charge >= 0.3 is 6.18 Å². The maximum atomic E-state index is 12.6. The van der Waals surface area contributed by atoms with Crippen molar-refractivity contribution in [3.63, 3.8) is 0 Å². The van der Waals surface area contributed by atoms with E-state index in [0.29, 0.717) is 17.1 Å². The number of benzene rings is 1. The first-order valence-corrected chi connectivity index (χ1v) is 6.48. The maximum absolute atomic E-state index is 12.6. The van der Waals surface area contributed by atoms with Gasteiger partial charge in [0.25, 0.3) is 0 Å². The molecule has 1 aromatic rings. The van der Waals surface area contributed by atoms with E-state index in [1.54, 1.807) is 6.07 Å². The number of hydrogen-bond acceptors (Lipinski definition) is 2. The predicted molar refractivity (Wildman–Crippen MR) is 71.7 cm³/mol. The van der Waals surface area contributed by atoms with E-state index in [2.05, 4.69) is 0 Å². The number of thiocarbonyl (C=S) groups is 1. The number of rotatable bonds is 3. The van der Waals surface area contributed by atoms with Gasteiger partial charge in [0.15, 0.2) is 0 Å². The highest BCUT2D eigenvalue weighted by molar-refractivity contribution is 7.80. The van der Waals surface area contributed by atoms with E-state index >= 15 is 0 Å². The van der Waals surface area contributed by atoms with Crippen LogP contribution in [0.15, 0.2) is 24.3 Å². The van der Waals surface area contributed by atoms with Crippen molar-refractivity contribution < 1.29 is 13.2 Å². The van der Waals surface area contributed by atoms with Crippen LogP contribution >= 0.6 is 12.2 Å². The van der Waals surface area contributed by atoms with Gasteiger partial charge in [-0.1, -0.05) is 30.4 Å². The summed E-state index contributed by atoms with van der Waals surface area (Å²) in [5.41, 5.74) is 5.67. The number of halogens is 3. The van der Waals surface area contributed by atoms with Gasteiger partial charge in [-0.3, -0.25) is 4.90 Å². The standard InChI is InChI=1S/C13H15F3N2S/c14-13(15,16)10-4-1-3-9(7-10)8-18-6-2-5-11(18)12(17)19/h1,3-4,7,11H,2,5-6,8H2,(H2,17,19). The number of alkyl halides is 3. The second-order valence-corrected chi connectivity index (χ2v) is 5.20. The van der Waals surface area contributed by atoms with E-state index in [1.165, 1.54) is 12.1 Å². The van der Waals surface area contributed by atoms with Gasteiger partial charge in [-0.05, 0) is 31.0 Å². The summed E-state index contributed by atoms with van der Waals surface area (Å²) in [4.78, 5) is 2.46. The molecule has 0 bridgehead atoms. The van der Waals surface area contributed by atoms with Gasteiger partial charge in [0.05, 0.1) is 16.6 Å². The van der Waals surface area contributed by atoms with Crippen LogP contribution in [0.3, 0.4) is 0 Å². The maximum Gasteiger partial charge on any atom is 0.416 e. The number of likely N-dealkylation sites (tertiary alicyclic amines) is 1. The van der Waals surface area contributed by atoms with E-state index in [9.17, 15) is 13.2 Å². The van der Waals surface area contributed by atoms with Gasteiger partial charge in [0, 0.05) is 6.54 Å². The molecule has 0 saturated carbocycles. The smallest absolute Gasteiger partial charge is 0.392 e. The van der Waals surface area contributed by atoms with Crippen molar-refractivity contribution >= 4 is 17.2 Å². The van der Waals surface area contributed by atoms with Crippen LogP contribution in [0.2, 0.25) is 0 Å². The quantitative estimate of drug-likeness (QED) is 0.867. The molecule has 0 spiro atoms. The zero-order valence-corrected chi connectivity index (χ0v) is 11.1. The van der Waals surface area contributed by atoms with E-state index in [1.807, 2.05) is 4.90 Å². The van der Waals surface area contributed by atoms with E-state index < -0.39 is 11.7 Å². The normalized spacial score (nSPS) is 20.7. The molecule has 2 N–H and O–H groups in total. The molecule has 1 saturated heterocycles. The highest BCUT2D eigenvalue weighted by atomic mass is 32.1. The molecule has 1 heterocycles. The van der Waals surface area contributed by atoms with Crippen molar-refractivity contribution in [2.24, 2.45) is 5.73 Å². The summed E-state index contributed by atoms with van der Waals surface area (Å²) < 4.78 is 37.9. The Balaban J connectivity index is 2.13. The summed E-state index contributed by atoms with van der Waals surface area (Å²) in [6.07, 6.45) is -2.45. The van der Waals surface area contributed by atoms with Crippen molar-refractivity contribution in [3.8, 4) is 0 Å². The first kappa shape index (κ1) is 14.3. The van der Waals surface area contributed by atoms with E-state index in [4.69, 9.17) is 18.0 Å². The van der Waals surface area contributed by atoms with Gasteiger partial charge in [-0.15, -0.1) is 0 Å². The third-order valence-corrected chi connectivity index (χ3v) is 3.60. The van der Waals surface area contributed by atoms with Crippen molar-refractivity contribution in [1.29, 1.82) is 0 Å². The van der Waals surface area contributed by atoms with Gasteiger partial charge in [-0.25, -0.2) is 0 Å². The predicted octanol–water partition coefficient (Wildman–Crippen LogP) is 2.96. The van der Waals surface area contributed by atoms with Crippen LogP contribution in [0.1, 0.15) is 24.0 Å². The minimum atomic E-state index is -4.30. The van der Waals surface area contributed by atoms with E-state index in [0.717, 1.165) is 25.5 Å². The molecule has 1 fully saturated rings. The van der Waals surface area contributed by atoms with Gasteiger partial charge in [0.2, 0.25) is 0 Å². The highest BCUT2D eigenvalue weighted by Gasteiger charge is 2.31. The lowest BCUT2D eigenvalue weighted by Gasteiger charge is -2.23. The number of nitrogens with zero attached hydrogens (tertiary/aromatic N) is 1. The third-order valence-electron chi connectivity index (χ3n) is 3.33. The van der Waals surface area contributed by atoms with Crippen LogP contribution in [-0.2, 0) is 12.7 Å². The van der Waals surface area contributed by atoms with Crippen LogP contribution in [0.4, 0.5) is 13.2 Å². The molecule has 0 aromatic heterocycles. The zero-order chi connectivity index (χ0) is 14.0. The second-order valence-electron chi connectivity index (χ2n) is 4.73. The lowest BCUT2D eigenvalue weighted by atomic mass is 10.1. The first-order chi connectivity index (χ1) is 8.88. The molecule has 104 valence electrons. The average molecular weight is 288 g/mol. The fourth-order valence-corrected chi connectivity index (χ4v) is 2.69. The Morgan fingerprint density at radius 3 is 2.79 bits per heavy atom. The summed E-state index contributed by atoms with van der Waals surface area (Å²) in [5, 5.41) is 0. The molecule has 1 aromatic carbocycles. The average Bonchev–Trinajstić information content (AvgIpc) is 2.76. The lowest BCUT2D eigenvalue weighted by Crippen LogP contribution is -2.38. The molecule has 6 heteroatoms. The van der Waals surface area contributed by atoms with Gasteiger partial charge in [0.1, 0.15) is 0 Å². The molecule has 19 heavy (non-hydrogen) atoms. The SMILES string of the molecule is NC(=S)C1CCCN1Cc1cccc(C(F)(F)F)c1. The molecular formula is C13H15F3N2S. The lowest BCUT2D eigenvalue weighted by molar-refractivity contribution is -0.137. The Labute approximate surface area is 115 Å². The Morgan fingerprint density at radius 2 is 2.16 bits per heavy atom. The zero-order valence-electron chi connectivity index (χ0n) is 10.3. The molecule has 1 aliphatic heterocycles. The Bertz CT molecular complexity index is 473. The fraction of sp³-hybridized carbons (Fsp3) is 0.462. The van der Waals surface area contributed by atoms with Gasteiger partial charge < -0.3 is 5.73 Å². The van der Waals surface area contributed by atoms with Crippen LogP contribution < -0.4 is 5.73 Å². The van der Waals surface area contributed by atoms with Gasteiger partial charge in [-0.2, -0.15) is 13.2 Å². The molecule has 0 radical (unpaired) electrons. The highest BCUT2D eigenvalue weighted by Crippen LogP contribution is 2.30.